The highest BCUT2D eigenvalue weighted by atomic mass is 15.6. The number of aryl methyl sites for hydroxylation is 1. The van der Waals surface area contributed by atoms with Gasteiger partial charge in [0.15, 0.2) is 5.82 Å². The van der Waals surface area contributed by atoms with Crippen molar-refractivity contribution in [2.24, 2.45) is 12.8 Å². The van der Waals surface area contributed by atoms with Crippen LogP contribution in [0.3, 0.4) is 0 Å². The summed E-state index contributed by atoms with van der Waals surface area (Å²) in [5.74, 6) is 0.760. The van der Waals surface area contributed by atoms with Crippen LogP contribution < -0.4 is 5.73 Å². The standard InChI is InChI=1S/C15H31N5/c1-3-4-5-6-7-8-9-10-11-12-14(16)13-15-17-19-20(2)18-15/h14H,3-13,16H2,1-2H3. The molecule has 1 atom stereocenters. The monoisotopic (exact) mass is 281 g/mol. The Bertz CT molecular complexity index is 337. The molecular formula is C15H31N5. The van der Waals surface area contributed by atoms with Gasteiger partial charge in [0, 0.05) is 12.5 Å². The van der Waals surface area contributed by atoms with Crippen molar-refractivity contribution in [3.63, 3.8) is 0 Å². The quantitative estimate of drug-likeness (QED) is 0.598. The Labute approximate surface area is 123 Å². The van der Waals surface area contributed by atoms with E-state index in [4.69, 9.17) is 5.73 Å². The Kier molecular flexibility index (Phi) is 9.20. The second-order valence-electron chi connectivity index (χ2n) is 5.78. The van der Waals surface area contributed by atoms with E-state index in [-0.39, 0.29) is 6.04 Å². The second kappa shape index (κ2) is 10.8. The second-order valence-corrected chi connectivity index (χ2v) is 5.78. The first-order chi connectivity index (χ1) is 9.72. The molecule has 2 N–H and O–H groups in total. The molecule has 1 unspecified atom stereocenters. The van der Waals surface area contributed by atoms with Crippen molar-refractivity contribution >= 4 is 0 Å². The van der Waals surface area contributed by atoms with Crippen LogP contribution in [0.4, 0.5) is 0 Å². The topological polar surface area (TPSA) is 69.6 Å². The largest absolute Gasteiger partial charge is 0.327 e. The smallest absolute Gasteiger partial charge is 0.176 e. The molecule has 0 amide bonds. The number of rotatable bonds is 12. The normalized spacial score (nSPS) is 12.8. The molecule has 5 heteroatoms. The maximum absolute atomic E-state index is 6.09. The highest BCUT2D eigenvalue weighted by Crippen LogP contribution is 2.11. The molecule has 1 rings (SSSR count). The lowest BCUT2D eigenvalue weighted by molar-refractivity contribution is 0.516. The van der Waals surface area contributed by atoms with Gasteiger partial charge in [0.2, 0.25) is 0 Å². The van der Waals surface area contributed by atoms with Crippen LogP contribution in [0.2, 0.25) is 0 Å². The molecule has 5 nitrogen and oxygen atoms in total. The molecule has 1 heterocycles. The van der Waals surface area contributed by atoms with Gasteiger partial charge in [-0.15, -0.1) is 10.2 Å². The van der Waals surface area contributed by atoms with Crippen LogP contribution in [0.1, 0.15) is 77.0 Å². The van der Waals surface area contributed by atoms with Gasteiger partial charge in [-0.3, -0.25) is 0 Å². The van der Waals surface area contributed by atoms with Crippen LogP contribution in [-0.2, 0) is 13.5 Å². The SMILES string of the molecule is CCCCCCCCCCCC(N)Cc1nnn(C)n1. The van der Waals surface area contributed by atoms with E-state index < -0.39 is 0 Å². The number of tetrazole rings is 1. The van der Waals surface area contributed by atoms with Crippen molar-refractivity contribution in [3.05, 3.63) is 5.82 Å². The van der Waals surface area contributed by atoms with E-state index in [1.165, 1.54) is 62.6 Å². The Balaban J connectivity index is 1.90. The Morgan fingerprint density at radius 3 is 2.15 bits per heavy atom. The molecule has 0 aliphatic rings. The third-order valence-electron chi connectivity index (χ3n) is 3.67. The van der Waals surface area contributed by atoms with Crippen LogP contribution in [0.5, 0.6) is 0 Å². The predicted octanol–water partition coefficient (Wildman–Crippen LogP) is 3.00. The van der Waals surface area contributed by atoms with Crippen molar-refractivity contribution < 1.29 is 0 Å². The fourth-order valence-electron chi connectivity index (χ4n) is 2.46. The fourth-order valence-corrected chi connectivity index (χ4v) is 2.46. The lowest BCUT2D eigenvalue weighted by Crippen LogP contribution is -2.23. The lowest BCUT2D eigenvalue weighted by Gasteiger charge is -2.08. The first kappa shape index (κ1) is 17.1. The van der Waals surface area contributed by atoms with Crippen molar-refractivity contribution in [2.45, 2.75) is 83.6 Å². The summed E-state index contributed by atoms with van der Waals surface area (Å²) < 4.78 is 0. The van der Waals surface area contributed by atoms with E-state index in [1.54, 1.807) is 7.05 Å². The van der Waals surface area contributed by atoms with Crippen LogP contribution in [-0.4, -0.2) is 26.2 Å². The molecule has 0 bridgehead atoms. The van der Waals surface area contributed by atoms with E-state index in [9.17, 15) is 0 Å². The van der Waals surface area contributed by atoms with Gasteiger partial charge in [-0.1, -0.05) is 64.7 Å². The summed E-state index contributed by atoms with van der Waals surface area (Å²) in [7, 11) is 1.78. The minimum absolute atomic E-state index is 0.170. The summed E-state index contributed by atoms with van der Waals surface area (Å²) in [6.07, 6.45) is 14.0. The van der Waals surface area contributed by atoms with E-state index in [0.717, 1.165) is 18.7 Å². The molecule has 0 saturated heterocycles. The highest BCUT2D eigenvalue weighted by Gasteiger charge is 2.08. The molecular weight excluding hydrogens is 250 g/mol. The Hall–Kier alpha value is -0.970. The van der Waals surface area contributed by atoms with Gasteiger partial charge in [-0.25, -0.2) is 0 Å². The van der Waals surface area contributed by atoms with E-state index >= 15 is 0 Å². The third kappa shape index (κ3) is 8.25. The Morgan fingerprint density at radius 2 is 1.60 bits per heavy atom. The zero-order valence-corrected chi connectivity index (χ0v) is 13.2. The average Bonchev–Trinajstić information content (AvgIpc) is 2.82. The highest BCUT2D eigenvalue weighted by molar-refractivity contribution is 4.82. The molecule has 0 aromatic carbocycles. The zero-order chi connectivity index (χ0) is 14.6. The molecule has 116 valence electrons. The van der Waals surface area contributed by atoms with Crippen LogP contribution >= 0.6 is 0 Å². The maximum Gasteiger partial charge on any atom is 0.176 e. The minimum Gasteiger partial charge on any atom is -0.327 e. The van der Waals surface area contributed by atoms with Crippen molar-refractivity contribution in [1.29, 1.82) is 0 Å². The number of unbranched alkanes of at least 4 members (excludes halogenated alkanes) is 8. The number of hydrogen-bond acceptors (Lipinski definition) is 4. The summed E-state index contributed by atoms with van der Waals surface area (Å²) >= 11 is 0. The zero-order valence-electron chi connectivity index (χ0n) is 13.2. The van der Waals surface area contributed by atoms with Crippen LogP contribution in [0, 0.1) is 0 Å². The number of nitrogens with zero attached hydrogens (tertiary/aromatic N) is 4. The van der Waals surface area contributed by atoms with Gasteiger partial charge in [-0.05, 0) is 11.6 Å². The molecule has 0 aliphatic heterocycles. The molecule has 0 aliphatic carbocycles. The summed E-state index contributed by atoms with van der Waals surface area (Å²) in [5.41, 5.74) is 6.09. The van der Waals surface area contributed by atoms with Crippen molar-refractivity contribution in [1.82, 2.24) is 20.2 Å². The lowest BCUT2D eigenvalue weighted by atomic mass is 10.0. The summed E-state index contributed by atoms with van der Waals surface area (Å²) in [4.78, 5) is 1.49. The number of hydrogen-bond donors (Lipinski definition) is 1. The number of aromatic nitrogens is 4. The van der Waals surface area contributed by atoms with Crippen LogP contribution in [0.25, 0.3) is 0 Å². The molecule has 0 fully saturated rings. The number of nitrogens with two attached hydrogens (primary N) is 1. The molecule has 1 aromatic heterocycles. The molecule has 0 spiro atoms. The minimum atomic E-state index is 0.170. The fraction of sp³-hybridized carbons (Fsp3) is 0.933. The van der Waals surface area contributed by atoms with Crippen molar-refractivity contribution in [3.8, 4) is 0 Å². The van der Waals surface area contributed by atoms with Crippen molar-refractivity contribution in [2.75, 3.05) is 0 Å². The molecule has 0 radical (unpaired) electrons. The van der Waals surface area contributed by atoms with Gasteiger partial charge in [0.25, 0.3) is 0 Å². The van der Waals surface area contributed by atoms with Gasteiger partial charge in [0.05, 0.1) is 7.05 Å². The predicted molar refractivity (Wildman–Crippen MR) is 82.3 cm³/mol. The maximum atomic E-state index is 6.09. The van der Waals surface area contributed by atoms with Crippen LogP contribution in [0.15, 0.2) is 0 Å². The van der Waals surface area contributed by atoms with Gasteiger partial charge in [0.1, 0.15) is 0 Å². The molecule has 0 saturated carbocycles. The van der Waals surface area contributed by atoms with E-state index in [2.05, 4.69) is 22.3 Å². The summed E-state index contributed by atoms with van der Waals surface area (Å²) in [5, 5.41) is 12.0. The Morgan fingerprint density at radius 1 is 1.00 bits per heavy atom. The summed E-state index contributed by atoms with van der Waals surface area (Å²) in [6, 6.07) is 0.170. The van der Waals surface area contributed by atoms with Gasteiger partial charge < -0.3 is 5.73 Å². The van der Waals surface area contributed by atoms with E-state index in [0.29, 0.717) is 0 Å². The average molecular weight is 281 g/mol. The first-order valence-electron chi connectivity index (χ1n) is 8.20. The molecule has 20 heavy (non-hydrogen) atoms. The first-order valence-corrected chi connectivity index (χ1v) is 8.20. The molecule has 1 aromatic rings. The van der Waals surface area contributed by atoms with Gasteiger partial charge >= 0.3 is 0 Å². The van der Waals surface area contributed by atoms with Gasteiger partial charge in [-0.2, -0.15) is 4.80 Å². The third-order valence-corrected chi connectivity index (χ3v) is 3.67. The van der Waals surface area contributed by atoms with E-state index in [1.807, 2.05) is 0 Å². The summed E-state index contributed by atoms with van der Waals surface area (Å²) in [6.45, 7) is 2.26.